The van der Waals surface area contributed by atoms with Crippen LogP contribution in [-0.4, -0.2) is 51.2 Å². The molecule has 0 bridgehead atoms. The second kappa shape index (κ2) is 9.13. The van der Waals surface area contributed by atoms with Crippen LogP contribution in [0.5, 0.6) is 5.75 Å². The summed E-state index contributed by atoms with van der Waals surface area (Å²) < 4.78 is 6.87. The maximum Gasteiger partial charge on any atom is 0.293 e. The normalized spacial score (nSPS) is 14.6. The third kappa shape index (κ3) is 4.68. The molecule has 0 amide bonds. The summed E-state index contributed by atoms with van der Waals surface area (Å²) in [5, 5.41) is 14.1. The number of Topliss-reactive ketones (excluding diaryl/α,β-unsaturated/α-hetero) is 1. The average molecular weight is 458 g/mol. The summed E-state index contributed by atoms with van der Waals surface area (Å²) in [4.78, 5) is 34.6. The number of aliphatic hydroxyl groups excluding tert-OH is 1. The van der Waals surface area contributed by atoms with Gasteiger partial charge in [-0.2, -0.15) is 4.98 Å². The monoisotopic (exact) mass is 457 g/mol. The number of aryl methyl sites for hydroxylation is 1. The van der Waals surface area contributed by atoms with E-state index in [9.17, 15) is 14.7 Å². The molecule has 9 nitrogen and oxygen atoms in total. The predicted octanol–water partition coefficient (Wildman–Crippen LogP) is 2.65. The fraction of sp³-hybridized carbons (Fsp3) is 0.364. The van der Waals surface area contributed by atoms with Crippen molar-refractivity contribution in [3.8, 4) is 5.75 Å². The Morgan fingerprint density at radius 3 is 2.78 bits per heavy atom. The molecule has 1 aliphatic rings. The molecule has 1 aliphatic heterocycles. The number of rotatable bonds is 6. The molecule has 2 aromatic heterocycles. The molecule has 0 atom stereocenters. The summed E-state index contributed by atoms with van der Waals surface area (Å²) in [6.07, 6.45) is 2.61. The van der Waals surface area contributed by atoms with Gasteiger partial charge in [0.05, 0.1) is 17.8 Å². The summed E-state index contributed by atoms with van der Waals surface area (Å²) in [7, 11) is 1.65. The molecule has 32 heavy (non-hydrogen) atoms. The van der Waals surface area contributed by atoms with Gasteiger partial charge in [-0.1, -0.05) is 11.6 Å². The Labute approximate surface area is 189 Å². The lowest BCUT2D eigenvalue weighted by molar-refractivity contribution is -0.118. The number of aromatic nitrogens is 3. The number of hydrogen-bond acceptors (Lipinski definition) is 8. The molecule has 3 aromatic rings. The van der Waals surface area contributed by atoms with E-state index in [4.69, 9.17) is 16.3 Å². The molecule has 0 unspecified atom stereocenters. The van der Waals surface area contributed by atoms with Crippen molar-refractivity contribution in [2.75, 3.05) is 29.9 Å². The van der Waals surface area contributed by atoms with E-state index in [-0.39, 0.29) is 29.8 Å². The first kappa shape index (κ1) is 22.0. The summed E-state index contributed by atoms with van der Waals surface area (Å²) in [5.41, 5.74) is 1.13. The molecule has 0 spiro atoms. The molecule has 1 saturated heterocycles. The van der Waals surface area contributed by atoms with Crippen molar-refractivity contribution in [1.29, 1.82) is 0 Å². The SMILES string of the molecule is CC(=O)COc1cc2cc(Nc3nc(N4CCC(O)CC4)ncc3Cl)ccc2n(C)c1=O. The second-order valence-electron chi connectivity index (χ2n) is 7.85. The molecule has 2 N–H and O–H groups in total. The average Bonchev–Trinajstić information content (AvgIpc) is 2.77. The Balaban J connectivity index is 1.62. The molecule has 0 aliphatic carbocycles. The molecule has 168 valence electrons. The summed E-state index contributed by atoms with van der Waals surface area (Å²) >= 11 is 6.33. The third-order valence-corrected chi connectivity index (χ3v) is 5.64. The lowest BCUT2D eigenvalue weighted by atomic mass is 10.1. The van der Waals surface area contributed by atoms with Gasteiger partial charge < -0.3 is 24.6 Å². The maximum absolute atomic E-state index is 12.5. The van der Waals surface area contributed by atoms with Gasteiger partial charge in [-0.3, -0.25) is 9.59 Å². The molecule has 1 fully saturated rings. The Bertz CT molecular complexity index is 1220. The van der Waals surface area contributed by atoms with E-state index in [1.165, 1.54) is 11.5 Å². The van der Waals surface area contributed by atoms with Crippen LogP contribution in [0, 0.1) is 0 Å². The van der Waals surface area contributed by atoms with E-state index < -0.39 is 0 Å². The molecule has 1 aromatic carbocycles. The first-order chi connectivity index (χ1) is 15.3. The third-order valence-electron chi connectivity index (χ3n) is 5.36. The van der Waals surface area contributed by atoms with Gasteiger partial charge >= 0.3 is 0 Å². The highest BCUT2D eigenvalue weighted by molar-refractivity contribution is 6.32. The van der Waals surface area contributed by atoms with Crippen LogP contribution in [0.25, 0.3) is 10.9 Å². The first-order valence-electron chi connectivity index (χ1n) is 10.3. The van der Waals surface area contributed by atoms with Gasteiger partial charge in [-0.05, 0) is 44.0 Å². The minimum atomic E-state index is -0.311. The van der Waals surface area contributed by atoms with Gasteiger partial charge in [-0.25, -0.2) is 4.98 Å². The number of nitrogens with one attached hydrogen (secondary N) is 1. The van der Waals surface area contributed by atoms with Crippen molar-refractivity contribution in [2.24, 2.45) is 7.05 Å². The van der Waals surface area contributed by atoms with Crippen molar-refractivity contribution in [3.05, 3.63) is 45.8 Å². The highest BCUT2D eigenvalue weighted by Gasteiger charge is 2.20. The van der Waals surface area contributed by atoms with Gasteiger partial charge in [0.2, 0.25) is 5.95 Å². The second-order valence-corrected chi connectivity index (χ2v) is 8.25. The Morgan fingerprint density at radius 1 is 1.31 bits per heavy atom. The van der Waals surface area contributed by atoms with Crippen LogP contribution in [0.1, 0.15) is 19.8 Å². The standard InChI is InChI=1S/C22H24ClN5O4/c1-13(29)12-32-19-10-14-9-15(3-4-18(14)27(2)21(19)31)25-20-17(23)11-24-22(26-20)28-7-5-16(30)6-8-28/h3-4,9-11,16,30H,5-8,12H2,1-2H3,(H,24,25,26). The van der Waals surface area contributed by atoms with E-state index in [1.54, 1.807) is 19.3 Å². The predicted molar refractivity (Wildman–Crippen MR) is 123 cm³/mol. The van der Waals surface area contributed by atoms with Crippen molar-refractivity contribution in [3.63, 3.8) is 0 Å². The largest absolute Gasteiger partial charge is 0.480 e. The lowest BCUT2D eigenvalue weighted by Crippen LogP contribution is -2.36. The molecule has 3 heterocycles. The molecule has 10 heteroatoms. The summed E-state index contributed by atoms with van der Waals surface area (Å²) in [6, 6.07) is 7.12. The number of piperidine rings is 1. The maximum atomic E-state index is 12.5. The lowest BCUT2D eigenvalue weighted by Gasteiger charge is -2.29. The van der Waals surface area contributed by atoms with E-state index in [0.29, 0.717) is 48.4 Å². The number of ether oxygens (including phenoxy) is 1. The van der Waals surface area contributed by atoms with Crippen molar-refractivity contribution < 1.29 is 14.6 Å². The van der Waals surface area contributed by atoms with E-state index in [1.807, 2.05) is 23.1 Å². The number of pyridine rings is 1. The van der Waals surface area contributed by atoms with Crippen molar-refractivity contribution >= 4 is 45.7 Å². The van der Waals surface area contributed by atoms with E-state index in [2.05, 4.69) is 15.3 Å². The minimum Gasteiger partial charge on any atom is -0.480 e. The van der Waals surface area contributed by atoms with Crippen LogP contribution >= 0.6 is 11.6 Å². The number of hydrogen-bond donors (Lipinski definition) is 2. The number of aliphatic hydroxyl groups is 1. The van der Waals surface area contributed by atoms with Crippen molar-refractivity contribution in [1.82, 2.24) is 14.5 Å². The number of fused-ring (bicyclic) bond motifs is 1. The highest BCUT2D eigenvalue weighted by Crippen LogP contribution is 2.28. The molecular weight excluding hydrogens is 434 g/mol. The Hall–Kier alpha value is -3.17. The van der Waals surface area contributed by atoms with Gasteiger partial charge in [0.1, 0.15) is 11.6 Å². The number of nitrogens with zero attached hydrogens (tertiary/aromatic N) is 4. The topological polar surface area (TPSA) is 110 Å². The molecule has 4 rings (SSSR count). The van der Waals surface area contributed by atoms with Crippen molar-refractivity contribution in [2.45, 2.75) is 25.9 Å². The zero-order valence-corrected chi connectivity index (χ0v) is 18.6. The quantitative estimate of drug-likeness (QED) is 0.581. The fourth-order valence-electron chi connectivity index (χ4n) is 3.61. The highest BCUT2D eigenvalue weighted by atomic mass is 35.5. The number of benzene rings is 1. The number of anilines is 3. The number of carbonyl (C=O) groups is 1. The van der Waals surface area contributed by atoms with Crippen LogP contribution in [0.4, 0.5) is 17.5 Å². The molecule has 0 saturated carbocycles. The van der Waals surface area contributed by atoms with Gasteiger partial charge in [-0.15, -0.1) is 0 Å². The molecular formula is C22H24ClN5O4. The minimum absolute atomic E-state index is 0.113. The van der Waals surface area contributed by atoms with E-state index >= 15 is 0 Å². The zero-order chi connectivity index (χ0) is 22.8. The van der Waals surface area contributed by atoms with E-state index in [0.717, 1.165) is 10.9 Å². The summed E-state index contributed by atoms with van der Waals surface area (Å²) in [6.45, 7) is 2.59. The van der Waals surface area contributed by atoms with Gasteiger partial charge in [0.15, 0.2) is 17.4 Å². The van der Waals surface area contributed by atoms with Crippen LogP contribution < -0.4 is 20.5 Å². The van der Waals surface area contributed by atoms with Crippen LogP contribution in [-0.2, 0) is 11.8 Å². The van der Waals surface area contributed by atoms with Crippen LogP contribution in [0.15, 0.2) is 35.3 Å². The number of halogens is 1. The fourth-order valence-corrected chi connectivity index (χ4v) is 3.75. The Morgan fingerprint density at radius 2 is 2.06 bits per heavy atom. The first-order valence-corrected chi connectivity index (χ1v) is 10.7. The number of carbonyl (C=O) groups excluding carboxylic acids is 1. The smallest absolute Gasteiger partial charge is 0.293 e. The molecule has 0 radical (unpaired) electrons. The van der Waals surface area contributed by atoms with Crippen LogP contribution in [0.3, 0.4) is 0 Å². The zero-order valence-electron chi connectivity index (χ0n) is 17.8. The summed E-state index contributed by atoms with van der Waals surface area (Å²) in [5.74, 6) is 0.953. The van der Waals surface area contributed by atoms with Gasteiger partial charge in [0.25, 0.3) is 5.56 Å². The Kier molecular flexibility index (Phi) is 6.29. The van der Waals surface area contributed by atoms with Crippen LogP contribution in [0.2, 0.25) is 5.02 Å². The van der Waals surface area contributed by atoms with Gasteiger partial charge in [0, 0.05) is 31.2 Å². The number of ketones is 1.